The van der Waals surface area contributed by atoms with E-state index in [1.807, 2.05) is 0 Å². The van der Waals surface area contributed by atoms with Crippen molar-refractivity contribution in [1.29, 1.82) is 0 Å². The summed E-state index contributed by atoms with van der Waals surface area (Å²) in [5, 5.41) is 2.58. The second-order valence-corrected chi connectivity index (χ2v) is 4.84. The zero-order valence-corrected chi connectivity index (χ0v) is 13.8. The van der Waals surface area contributed by atoms with Crippen LogP contribution in [0.25, 0.3) is 0 Å². The highest BCUT2D eigenvalue weighted by molar-refractivity contribution is 5.97. The molecule has 1 aromatic carbocycles. The second-order valence-electron chi connectivity index (χ2n) is 4.84. The molecule has 0 aromatic heterocycles. The minimum Gasteiger partial charge on any atom is -0.466 e. The number of nitrogens with one attached hydrogen (secondary N) is 1. The topological polar surface area (TPSA) is 81.7 Å². The standard InChI is InChI=1S/C18H21NO5/c1-4-13-7-9-14(10-8-13)17(21)19-15(18(22)24-6-3)11-12-16(20)23-5-2/h1,7-10,15H,5-6,11-12H2,2-3H3,(H,19,21)/t15-/m1/s1. The van der Waals surface area contributed by atoms with Crippen molar-refractivity contribution in [2.45, 2.75) is 32.7 Å². The fourth-order valence-electron chi connectivity index (χ4n) is 1.95. The molecule has 0 aliphatic rings. The molecule has 0 fully saturated rings. The van der Waals surface area contributed by atoms with Crippen LogP contribution in [0, 0.1) is 12.3 Å². The molecule has 6 nitrogen and oxygen atoms in total. The third-order valence-electron chi connectivity index (χ3n) is 3.13. The van der Waals surface area contributed by atoms with Crippen molar-refractivity contribution in [3.63, 3.8) is 0 Å². The molecule has 0 heterocycles. The second kappa shape index (κ2) is 10.1. The first-order chi connectivity index (χ1) is 11.5. The van der Waals surface area contributed by atoms with Crippen molar-refractivity contribution in [1.82, 2.24) is 5.32 Å². The molecule has 1 N–H and O–H groups in total. The monoisotopic (exact) mass is 331 g/mol. The van der Waals surface area contributed by atoms with Crippen LogP contribution in [0.15, 0.2) is 24.3 Å². The summed E-state index contributed by atoms with van der Waals surface area (Å²) >= 11 is 0. The molecule has 0 aliphatic carbocycles. The number of amides is 1. The summed E-state index contributed by atoms with van der Waals surface area (Å²) in [5.41, 5.74) is 1.01. The van der Waals surface area contributed by atoms with Crippen LogP contribution in [-0.2, 0) is 19.1 Å². The van der Waals surface area contributed by atoms with E-state index in [1.165, 1.54) is 0 Å². The largest absolute Gasteiger partial charge is 0.466 e. The number of hydrogen-bond acceptors (Lipinski definition) is 5. The average molecular weight is 331 g/mol. The molecule has 0 aliphatic heterocycles. The number of hydrogen-bond donors (Lipinski definition) is 1. The van der Waals surface area contributed by atoms with Gasteiger partial charge in [0.2, 0.25) is 0 Å². The normalized spacial score (nSPS) is 11.0. The van der Waals surface area contributed by atoms with E-state index in [9.17, 15) is 14.4 Å². The summed E-state index contributed by atoms with van der Waals surface area (Å²) in [5.74, 6) is 0.994. The molecule has 0 saturated carbocycles. The number of esters is 2. The number of benzene rings is 1. The highest BCUT2D eigenvalue weighted by Crippen LogP contribution is 2.07. The lowest BCUT2D eigenvalue weighted by atomic mass is 10.1. The third-order valence-corrected chi connectivity index (χ3v) is 3.13. The lowest BCUT2D eigenvalue weighted by Gasteiger charge is -2.17. The SMILES string of the molecule is C#Cc1ccc(C(=O)N[C@H](CCC(=O)OCC)C(=O)OCC)cc1. The van der Waals surface area contributed by atoms with Crippen LogP contribution in [-0.4, -0.2) is 37.1 Å². The van der Waals surface area contributed by atoms with Gasteiger partial charge >= 0.3 is 11.9 Å². The van der Waals surface area contributed by atoms with Gasteiger partial charge in [-0.05, 0) is 44.5 Å². The van der Waals surface area contributed by atoms with Crippen LogP contribution >= 0.6 is 0 Å². The molecule has 1 aromatic rings. The number of carbonyl (C=O) groups excluding carboxylic acids is 3. The van der Waals surface area contributed by atoms with Crippen molar-refractivity contribution < 1.29 is 23.9 Å². The lowest BCUT2D eigenvalue weighted by Crippen LogP contribution is -2.42. The fourth-order valence-corrected chi connectivity index (χ4v) is 1.95. The molecule has 1 amide bonds. The first kappa shape index (κ1) is 19.2. The van der Waals surface area contributed by atoms with Gasteiger partial charge in [-0.3, -0.25) is 9.59 Å². The van der Waals surface area contributed by atoms with Crippen molar-refractivity contribution in [3.8, 4) is 12.3 Å². The van der Waals surface area contributed by atoms with Gasteiger partial charge in [-0.25, -0.2) is 4.79 Å². The summed E-state index contributed by atoms with van der Waals surface area (Å²) in [6.07, 6.45) is 5.38. The Labute approximate surface area is 141 Å². The van der Waals surface area contributed by atoms with Gasteiger partial charge < -0.3 is 14.8 Å². The maximum absolute atomic E-state index is 12.2. The molecule has 24 heavy (non-hydrogen) atoms. The van der Waals surface area contributed by atoms with E-state index in [-0.39, 0.29) is 26.1 Å². The summed E-state index contributed by atoms with van der Waals surface area (Å²) < 4.78 is 9.76. The zero-order chi connectivity index (χ0) is 17.9. The Kier molecular flexibility index (Phi) is 8.06. The molecule has 0 spiro atoms. The Balaban J connectivity index is 2.75. The van der Waals surface area contributed by atoms with Gasteiger partial charge in [0.1, 0.15) is 6.04 Å². The van der Waals surface area contributed by atoms with Crippen molar-refractivity contribution >= 4 is 17.8 Å². The Bertz CT molecular complexity index is 615. The molecule has 1 rings (SSSR count). The molecule has 6 heteroatoms. The first-order valence-electron chi connectivity index (χ1n) is 7.71. The number of carbonyl (C=O) groups is 3. The minimum absolute atomic E-state index is 0.00757. The van der Waals surface area contributed by atoms with Gasteiger partial charge in [-0.1, -0.05) is 5.92 Å². The van der Waals surface area contributed by atoms with E-state index in [0.717, 1.165) is 0 Å². The third kappa shape index (κ3) is 6.13. The van der Waals surface area contributed by atoms with E-state index < -0.39 is 23.9 Å². The maximum atomic E-state index is 12.2. The van der Waals surface area contributed by atoms with Gasteiger partial charge in [0, 0.05) is 17.5 Å². The highest BCUT2D eigenvalue weighted by atomic mass is 16.5. The van der Waals surface area contributed by atoms with Crippen molar-refractivity contribution in [2.24, 2.45) is 0 Å². The van der Waals surface area contributed by atoms with Crippen LogP contribution < -0.4 is 5.32 Å². The maximum Gasteiger partial charge on any atom is 0.328 e. The quantitative estimate of drug-likeness (QED) is 0.579. The molecule has 0 saturated heterocycles. The van der Waals surface area contributed by atoms with Crippen LogP contribution in [0.1, 0.15) is 42.6 Å². The average Bonchev–Trinajstić information content (AvgIpc) is 2.58. The van der Waals surface area contributed by atoms with E-state index in [2.05, 4.69) is 11.2 Å². The van der Waals surface area contributed by atoms with Gasteiger partial charge in [0.05, 0.1) is 13.2 Å². The summed E-state index contributed by atoms with van der Waals surface area (Å²) in [6, 6.07) is 5.48. The van der Waals surface area contributed by atoms with Crippen LogP contribution in [0.2, 0.25) is 0 Å². The van der Waals surface area contributed by atoms with Gasteiger partial charge in [0.25, 0.3) is 5.91 Å². The van der Waals surface area contributed by atoms with E-state index in [1.54, 1.807) is 38.1 Å². The summed E-state index contributed by atoms with van der Waals surface area (Å²) in [4.78, 5) is 35.7. The van der Waals surface area contributed by atoms with Gasteiger partial charge in [0.15, 0.2) is 0 Å². The van der Waals surface area contributed by atoms with Crippen LogP contribution in [0.5, 0.6) is 0 Å². The minimum atomic E-state index is -0.922. The summed E-state index contributed by atoms with van der Waals surface area (Å²) in [7, 11) is 0. The Hall–Kier alpha value is -2.81. The Morgan fingerprint density at radius 3 is 2.29 bits per heavy atom. The first-order valence-corrected chi connectivity index (χ1v) is 7.71. The van der Waals surface area contributed by atoms with Gasteiger partial charge in [-0.2, -0.15) is 0 Å². The smallest absolute Gasteiger partial charge is 0.328 e. The zero-order valence-electron chi connectivity index (χ0n) is 13.8. The molecule has 128 valence electrons. The van der Waals surface area contributed by atoms with Crippen molar-refractivity contribution in [2.75, 3.05) is 13.2 Å². The Morgan fingerprint density at radius 1 is 1.12 bits per heavy atom. The molecular formula is C18H21NO5. The van der Waals surface area contributed by atoms with Crippen molar-refractivity contribution in [3.05, 3.63) is 35.4 Å². The summed E-state index contributed by atoms with van der Waals surface area (Å²) in [6.45, 7) is 3.81. The molecule has 0 bridgehead atoms. The van der Waals surface area contributed by atoms with E-state index in [0.29, 0.717) is 11.1 Å². The number of ether oxygens (including phenoxy) is 2. The van der Waals surface area contributed by atoms with E-state index in [4.69, 9.17) is 15.9 Å². The predicted octanol–water partition coefficient (Wildman–Crippen LogP) is 1.67. The molecule has 1 atom stereocenters. The number of terminal acetylenes is 1. The molecule has 0 radical (unpaired) electrons. The van der Waals surface area contributed by atoms with Gasteiger partial charge in [-0.15, -0.1) is 6.42 Å². The molecular weight excluding hydrogens is 310 g/mol. The predicted molar refractivity (Wildman–Crippen MR) is 88.1 cm³/mol. The highest BCUT2D eigenvalue weighted by Gasteiger charge is 2.23. The number of rotatable bonds is 8. The lowest BCUT2D eigenvalue weighted by molar-refractivity contribution is -0.146. The Morgan fingerprint density at radius 2 is 1.75 bits per heavy atom. The molecule has 0 unspecified atom stereocenters. The van der Waals surface area contributed by atoms with Crippen LogP contribution in [0.3, 0.4) is 0 Å². The van der Waals surface area contributed by atoms with E-state index >= 15 is 0 Å². The van der Waals surface area contributed by atoms with Crippen LogP contribution in [0.4, 0.5) is 0 Å². The fraction of sp³-hybridized carbons (Fsp3) is 0.389.